The molecule has 1 heterocycles. The summed E-state index contributed by atoms with van der Waals surface area (Å²) >= 11 is 1.87. The lowest BCUT2D eigenvalue weighted by molar-refractivity contribution is 0.187. The predicted octanol–water partition coefficient (Wildman–Crippen LogP) is 3.67. The third-order valence-electron chi connectivity index (χ3n) is 3.46. The molecule has 2 N–H and O–H groups in total. The van der Waals surface area contributed by atoms with Crippen LogP contribution in [0.5, 0.6) is 0 Å². The lowest BCUT2D eigenvalue weighted by atomic mass is 9.71. The summed E-state index contributed by atoms with van der Waals surface area (Å²) in [6.45, 7) is 6.82. The topological polar surface area (TPSA) is 26.0 Å². The van der Waals surface area contributed by atoms with Gasteiger partial charge in [0, 0.05) is 9.75 Å². The van der Waals surface area contributed by atoms with Crippen molar-refractivity contribution in [3.05, 3.63) is 21.9 Å². The number of hydrogen-bond acceptors (Lipinski definition) is 2. The zero-order valence-corrected chi connectivity index (χ0v) is 10.7. The third-order valence-corrected chi connectivity index (χ3v) is 4.68. The molecule has 2 unspecified atom stereocenters. The molecule has 2 atom stereocenters. The Balaban J connectivity index is 2.25. The molecule has 1 saturated carbocycles. The smallest absolute Gasteiger partial charge is 0.0508 e. The minimum absolute atomic E-state index is 0.0456. The Morgan fingerprint density at radius 2 is 1.87 bits per heavy atom. The van der Waals surface area contributed by atoms with E-state index in [1.54, 1.807) is 0 Å². The molecule has 2 heteroatoms. The summed E-state index contributed by atoms with van der Waals surface area (Å²) in [7, 11) is 0. The van der Waals surface area contributed by atoms with Crippen LogP contribution in [-0.2, 0) is 5.54 Å². The highest BCUT2D eigenvalue weighted by Crippen LogP contribution is 2.42. The molecule has 1 aromatic rings. The number of aryl methyl sites for hydroxylation is 1. The van der Waals surface area contributed by atoms with Crippen molar-refractivity contribution < 1.29 is 0 Å². The van der Waals surface area contributed by atoms with Gasteiger partial charge in [-0.2, -0.15) is 0 Å². The normalized spacial score (nSPS) is 36.8. The number of thiophene rings is 1. The summed E-state index contributed by atoms with van der Waals surface area (Å²) < 4.78 is 0. The van der Waals surface area contributed by atoms with Gasteiger partial charge in [-0.25, -0.2) is 0 Å². The Hall–Kier alpha value is -0.340. The quantitative estimate of drug-likeness (QED) is 0.772. The van der Waals surface area contributed by atoms with Crippen molar-refractivity contribution >= 4 is 11.3 Å². The van der Waals surface area contributed by atoms with E-state index in [-0.39, 0.29) is 5.54 Å². The summed E-state index contributed by atoms with van der Waals surface area (Å²) in [6, 6.07) is 4.42. The van der Waals surface area contributed by atoms with E-state index in [1.165, 1.54) is 16.2 Å². The van der Waals surface area contributed by atoms with Crippen LogP contribution in [0.25, 0.3) is 0 Å². The van der Waals surface area contributed by atoms with Crippen molar-refractivity contribution in [1.29, 1.82) is 0 Å². The Morgan fingerprint density at radius 3 is 2.33 bits per heavy atom. The van der Waals surface area contributed by atoms with Gasteiger partial charge in [0.15, 0.2) is 0 Å². The van der Waals surface area contributed by atoms with Gasteiger partial charge in [0.05, 0.1) is 5.54 Å². The number of rotatable bonds is 1. The molecule has 1 nitrogen and oxygen atoms in total. The van der Waals surface area contributed by atoms with E-state index in [9.17, 15) is 0 Å². The lowest BCUT2D eigenvalue weighted by Crippen LogP contribution is -2.42. The van der Waals surface area contributed by atoms with Crippen LogP contribution in [0, 0.1) is 18.8 Å². The van der Waals surface area contributed by atoms with Gasteiger partial charge in [-0.1, -0.05) is 13.8 Å². The fraction of sp³-hybridized carbons (Fsp3) is 0.692. The molecule has 2 rings (SSSR count). The van der Waals surface area contributed by atoms with Crippen LogP contribution in [0.3, 0.4) is 0 Å². The first-order valence-electron chi connectivity index (χ1n) is 5.85. The van der Waals surface area contributed by atoms with Crippen molar-refractivity contribution in [1.82, 2.24) is 0 Å². The Kier molecular flexibility index (Phi) is 2.91. The van der Waals surface area contributed by atoms with Gasteiger partial charge < -0.3 is 5.73 Å². The minimum Gasteiger partial charge on any atom is -0.321 e. The first-order chi connectivity index (χ1) is 6.99. The molecule has 0 bridgehead atoms. The van der Waals surface area contributed by atoms with Crippen LogP contribution in [0.2, 0.25) is 0 Å². The molecular weight excluding hydrogens is 202 g/mol. The van der Waals surface area contributed by atoms with Crippen molar-refractivity contribution in [3.8, 4) is 0 Å². The molecule has 0 aromatic carbocycles. The third kappa shape index (κ3) is 2.26. The molecular formula is C13H21NS. The maximum absolute atomic E-state index is 6.58. The molecule has 0 radical (unpaired) electrons. The van der Waals surface area contributed by atoms with Gasteiger partial charge in [-0.05, 0) is 50.2 Å². The summed E-state index contributed by atoms with van der Waals surface area (Å²) in [4.78, 5) is 2.76. The maximum atomic E-state index is 6.58. The largest absolute Gasteiger partial charge is 0.321 e. The highest BCUT2D eigenvalue weighted by atomic mass is 32.1. The Morgan fingerprint density at radius 1 is 1.27 bits per heavy atom. The molecule has 1 aromatic heterocycles. The molecule has 0 aliphatic heterocycles. The van der Waals surface area contributed by atoms with E-state index in [4.69, 9.17) is 5.73 Å². The molecule has 1 aliphatic carbocycles. The SMILES string of the molecule is Cc1ccc(C2(N)CC(C)CC(C)C2)s1. The summed E-state index contributed by atoms with van der Waals surface area (Å²) in [5.74, 6) is 1.53. The summed E-state index contributed by atoms with van der Waals surface area (Å²) in [5.41, 5.74) is 6.54. The Labute approximate surface area is 96.7 Å². The average molecular weight is 223 g/mol. The van der Waals surface area contributed by atoms with Gasteiger partial charge in [0.2, 0.25) is 0 Å². The second kappa shape index (κ2) is 3.91. The summed E-state index contributed by atoms with van der Waals surface area (Å²) in [5, 5.41) is 0. The monoisotopic (exact) mass is 223 g/mol. The molecule has 0 saturated heterocycles. The zero-order chi connectivity index (χ0) is 11.1. The average Bonchev–Trinajstić information content (AvgIpc) is 2.49. The van der Waals surface area contributed by atoms with E-state index < -0.39 is 0 Å². The van der Waals surface area contributed by atoms with Crippen LogP contribution in [0.1, 0.15) is 42.9 Å². The van der Waals surface area contributed by atoms with E-state index in [1.807, 2.05) is 11.3 Å². The highest BCUT2D eigenvalue weighted by molar-refractivity contribution is 7.12. The van der Waals surface area contributed by atoms with E-state index in [0.29, 0.717) is 0 Å². The van der Waals surface area contributed by atoms with Gasteiger partial charge >= 0.3 is 0 Å². The first kappa shape index (κ1) is 11.2. The fourth-order valence-electron chi connectivity index (χ4n) is 3.08. The number of hydrogen-bond donors (Lipinski definition) is 1. The van der Waals surface area contributed by atoms with Crippen molar-refractivity contribution in [2.24, 2.45) is 17.6 Å². The molecule has 1 aliphatic rings. The highest BCUT2D eigenvalue weighted by Gasteiger charge is 2.36. The van der Waals surface area contributed by atoms with Gasteiger partial charge in [0.25, 0.3) is 0 Å². The molecule has 0 spiro atoms. The Bertz CT molecular complexity index is 332. The van der Waals surface area contributed by atoms with Crippen LogP contribution >= 0.6 is 11.3 Å². The van der Waals surface area contributed by atoms with Crippen molar-refractivity contribution in [3.63, 3.8) is 0 Å². The zero-order valence-electron chi connectivity index (χ0n) is 9.92. The number of nitrogens with two attached hydrogens (primary N) is 1. The van der Waals surface area contributed by atoms with Gasteiger partial charge in [0.1, 0.15) is 0 Å². The second-order valence-electron chi connectivity index (χ2n) is 5.42. The van der Waals surface area contributed by atoms with Crippen molar-refractivity contribution in [2.45, 2.75) is 45.6 Å². The predicted molar refractivity (Wildman–Crippen MR) is 67.1 cm³/mol. The van der Waals surface area contributed by atoms with Crippen molar-refractivity contribution in [2.75, 3.05) is 0 Å². The first-order valence-corrected chi connectivity index (χ1v) is 6.67. The minimum atomic E-state index is -0.0456. The fourth-order valence-corrected chi connectivity index (χ4v) is 4.07. The lowest BCUT2D eigenvalue weighted by Gasteiger charge is -2.39. The van der Waals surface area contributed by atoms with Crippen LogP contribution in [0.4, 0.5) is 0 Å². The summed E-state index contributed by atoms with van der Waals surface area (Å²) in [6.07, 6.45) is 3.64. The van der Waals surface area contributed by atoms with E-state index in [0.717, 1.165) is 24.7 Å². The van der Waals surface area contributed by atoms with Gasteiger partial charge in [-0.15, -0.1) is 11.3 Å². The van der Waals surface area contributed by atoms with Crippen LogP contribution < -0.4 is 5.73 Å². The van der Waals surface area contributed by atoms with E-state index >= 15 is 0 Å². The second-order valence-corrected chi connectivity index (χ2v) is 6.71. The molecule has 1 fully saturated rings. The van der Waals surface area contributed by atoms with Crippen LogP contribution in [0.15, 0.2) is 12.1 Å². The van der Waals surface area contributed by atoms with Gasteiger partial charge in [-0.3, -0.25) is 0 Å². The van der Waals surface area contributed by atoms with E-state index in [2.05, 4.69) is 32.9 Å². The standard InChI is InChI=1S/C13H21NS/c1-9-6-10(2)8-13(14,7-9)12-5-4-11(3)15-12/h4-5,9-10H,6-8,14H2,1-3H3. The molecule has 15 heavy (non-hydrogen) atoms. The molecule has 0 amide bonds. The maximum Gasteiger partial charge on any atom is 0.0508 e. The van der Waals surface area contributed by atoms with Crippen LogP contribution in [-0.4, -0.2) is 0 Å². The molecule has 84 valence electrons.